The molecule has 0 bridgehead atoms. The van der Waals surface area contributed by atoms with E-state index in [9.17, 15) is 4.79 Å². The molecule has 4 rings (SSSR count). The number of carbonyl (C=O) groups excluding carboxylic acids is 1. The summed E-state index contributed by atoms with van der Waals surface area (Å²) in [6, 6.07) is 6.10. The minimum atomic E-state index is -0.0428. The van der Waals surface area contributed by atoms with Gasteiger partial charge in [-0.25, -0.2) is 4.98 Å². The molecular formula is C23H29N3O3S. The number of hydrogen-bond donors (Lipinski definition) is 0. The van der Waals surface area contributed by atoms with Crippen LogP contribution in [0.5, 0.6) is 0 Å². The van der Waals surface area contributed by atoms with Crippen LogP contribution in [0.25, 0.3) is 10.2 Å². The first-order valence-corrected chi connectivity index (χ1v) is 11.3. The van der Waals surface area contributed by atoms with Gasteiger partial charge in [0.1, 0.15) is 11.5 Å². The van der Waals surface area contributed by atoms with Crippen molar-refractivity contribution >= 4 is 32.6 Å². The van der Waals surface area contributed by atoms with Crippen molar-refractivity contribution < 1.29 is 13.9 Å². The smallest absolute Gasteiger partial charge is 0.263 e. The Morgan fingerprint density at radius 1 is 1.13 bits per heavy atom. The standard InChI is InChI=1S/C23H29N3O3S/c1-15-12-20-21(13-16(15)2)30-23(24-20)26(7-5-6-25-8-10-28-11-9-25)22(27)19-14-17(3)29-18(19)4/h12-14H,5-11H2,1-4H3. The quantitative estimate of drug-likeness (QED) is 0.580. The molecule has 30 heavy (non-hydrogen) atoms. The molecule has 3 heterocycles. The lowest BCUT2D eigenvalue weighted by atomic mass is 10.1. The predicted molar refractivity (Wildman–Crippen MR) is 121 cm³/mol. The van der Waals surface area contributed by atoms with Gasteiger partial charge in [-0.3, -0.25) is 14.6 Å². The summed E-state index contributed by atoms with van der Waals surface area (Å²) in [5, 5.41) is 0.750. The normalized spacial score (nSPS) is 15.1. The molecule has 1 aliphatic heterocycles. The summed E-state index contributed by atoms with van der Waals surface area (Å²) in [6.07, 6.45) is 0.885. The molecule has 160 valence electrons. The van der Waals surface area contributed by atoms with E-state index in [4.69, 9.17) is 14.1 Å². The first-order valence-electron chi connectivity index (χ1n) is 10.5. The molecule has 2 aromatic heterocycles. The zero-order chi connectivity index (χ0) is 21.3. The Hall–Kier alpha value is -2.22. The number of thiazole rings is 1. The van der Waals surface area contributed by atoms with Gasteiger partial charge in [-0.1, -0.05) is 11.3 Å². The van der Waals surface area contributed by atoms with Gasteiger partial charge in [-0.15, -0.1) is 0 Å². The minimum absolute atomic E-state index is 0.0428. The van der Waals surface area contributed by atoms with Crippen LogP contribution in [0.1, 0.15) is 39.4 Å². The molecule has 0 aliphatic carbocycles. The Morgan fingerprint density at radius 2 is 1.87 bits per heavy atom. The van der Waals surface area contributed by atoms with E-state index < -0.39 is 0 Å². The van der Waals surface area contributed by atoms with Crippen LogP contribution in [0.4, 0.5) is 5.13 Å². The molecule has 1 saturated heterocycles. The number of hydrogen-bond acceptors (Lipinski definition) is 6. The van der Waals surface area contributed by atoms with Crippen LogP contribution >= 0.6 is 11.3 Å². The highest BCUT2D eigenvalue weighted by Crippen LogP contribution is 2.32. The van der Waals surface area contributed by atoms with Gasteiger partial charge in [-0.05, 0) is 63.4 Å². The number of rotatable bonds is 6. The fourth-order valence-electron chi connectivity index (χ4n) is 3.83. The molecule has 0 unspecified atom stereocenters. The van der Waals surface area contributed by atoms with Crippen molar-refractivity contribution in [2.24, 2.45) is 0 Å². The van der Waals surface area contributed by atoms with Crippen molar-refractivity contribution in [3.8, 4) is 0 Å². The zero-order valence-electron chi connectivity index (χ0n) is 18.2. The number of amides is 1. The molecule has 0 radical (unpaired) electrons. The van der Waals surface area contributed by atoms with E-state index >= 15 is 0 Å². The van der Waals surface area contributed by atoms with Crippen LogP contribution in [-0.2, 0) is 4.74 Å². The molecule has 1 amide bonds. The first-order chi connectivity index (χ1) is 14.4. The molecule has 0 N–H and O–H groups in total. The highest BCUT2D eigenvalue weighted by Gasteiger charge is 2.25. The number of morpholine rings is 1. The Bertz CT molecular complexity index is 1010. The van der Waals surface area contributed by atoms with Crippen molar-refractivity contribution in [1.82, 2.24) is 9.88 Å². The largest absolute Gasteiger partial charge is 0.466 e. The lowest BCUT2D eigenvalue weighted by Crippen LogP contribution is -2.39. The summed E-state index contributed by atoms with van der Waals surface area (Å²) in [6.45, 7) is 13.0. The van der Waals surface area contributed by atoms with Crippen molar-refractivity contribution in [3.63, 3.8) is 0 Å². The van der Waals surface area contributed by atoms with Crippen molar-refractivity contribution in [3.05, 3.63) is 46.4 Å². The number of fused-ring (bicyclic) bond motifs is 1. The Labute approximate surface area is 181 Å². The average molecular weight is 428 g/mol. The summed E-state index contributed by atoms with van der Waals surface area (Å²) in [5.74, 6) is 1.36. The summed E-state index contributed by atoms with van der Waals surface area (Å²) in [5.41, 5.74) is 4.02. The van der Waals surface area contributed by atoms with Gasteiger partial charge >= 0.3 is 0 Å². The van der Waals surface area contributed by atoms with Crippen molar-refractivity contribution in [2.45, 2.75) is 34.1 Å². The number of benzene rings is 1. The van der Waals surface area contributed by atoms with E-state index in [-0.39, 0.29) is 5.91 Å². The van der Waals surface area contributed by atoms with Crippen molar-refractivity contribution in [2.75, 3.05) is 44.3 Å². The maximum atomic E-state index is 13.5. The van der Waals surface area contributed by atoms with Gasteiger partial charge in [0.25, 0.3) is 5.91 Å². The number of furan rings is 1. The van der Waals surface area contributed by atoms with E-state index in [0.29, 0.717) is 17.9 Å². The molecular weight excluding hydrogens is 398 g/mol. The maximum absolute atomic E-state index is 13.5. The highest BCUT2D eigenvalue weighted by atomic mass is 32.1. The lowest BCUT2D eigenvalue weighted by Gasteiger charge is -2.27. The van der Waals surface area contributed by atoms with Gasteiger partial charge in [0.15, 0.2) is 5.13 Å². The van der Waals surface area contributed by atoms with Crippen molar-refractivity contribution in [1.29, 1.82) is 0 Å². The third-order valence-corrected chi connectivity index (χ3v) is 6.74. The van der Waals surface area contributed by atoms with E-state index in [1.165, 1.54) is 11.1 Å². The number of aryl methyl sites for hydroxylation is 4. The van der Waals surface area contributed by atoms with Crippen LogP contribution in [-0.4, -0.2) is 55.2 Å². The van der Waals surface area contributed by atoms with Gasteiger partial charge < -0.3 is 9.15 Å². The topological polar surface area (TPSA) is 58.8 Å². The molecule has 6 nitrogen and oxygen atoms in total. The Balaban J connectivity index is 1.60. The molecule has 1 aliphatic rings. The van der Waals surface area contributed by atoms with Crippen LogP contribution in [0.3, 0.4) is 0 Å². The van der Waals surface area contributed by atoms with E-state index in [2.05, 4.69) is 30.9 Å². The molecule has 1 fully saturated rings. The fraction of sp³-hybridized carbons (Fsp3) is 0.478. The number of nitrogens with zero attached hydrogens (tertiary/aromatic N) is 3. The Morgan fingerprint density at radius 3 is 2.57 bits per heavy atom. The molecule has 0 spiro atoms. The summed E-state index contributed by atoms with van der Waals surface area (Å²) in [7, 11) is 0. The predicted octanol–water partition coefficient (Wildman–Crippen LogP) is 4.49. The fourth-order valence-corrected chi connectivity index (χ4v) is 4.90. The van der Waals surface area contributed by atoms with Crippen LogP contribution in [0.2, 0.25) is 0 Å². The number of anilines is 1. The van der Waals surface area contributed by atoms with Gasteiger partial charge in [0.2, 0.25) is 0 Å². The second-order valence-electron chi connectivity index (χ2n) is 7.99. The number of ether oxygens (including phenoxy) is 1. The van der Waals surface area contributed by atoms with E-state index in [1.807, 2.05) is 24.8 Å². The molecule has 3 aromatic rings. The van der Waals surface area contributed by atoms with E-state index in [1.54, 1.807) is 11.3 Å². The zero-order valence-corrected chi connectivity index (χ0v) is 19.0. The maximum Gasteiger partial charge on any atom is 0.263 e. The second-order valence-corrected chi connectivity index (χ2v) is 9.00. The van der Waals surface area contributed by atoms with Crippen LogP contribution in [0, 0.1) is 27.7 Å². The van der Waals surface area contributed by atoms with Gasteiger partial charge in [-0.2, -0.15) is 0 Å². The third kappa shape index (κ3) is 4.43. The Kier molecular flexibility index (Phi) is 6.22. The number of carbonyl (C=O) groups is 1. The molecule has 7 heteroatoms. The third-order valence-electron chi connectivity index (χ3n) is 5.70. The summed E-state index contributed by atoms with van der Waals surface area (Å²) in [4.78, 5) is 22.5. The molecule has 0 atom stereocenters. The SMILES string of the molecule is Cc1cc(C(=O)N(CCCN2CCOCC2)c2nc3cc(C)c(C)cc3s2)c(C)o1. The summed E-state index contributed by atoms with van der Waals surface area (Å²) >= 11 is 1.58. The molecule has 0 saturated carbocycles. The monoisotopic (exact) mass is 427 g/mol. The van der Waals surface area contributed by atoms with Gasteiger partial charge in [0, 0.05) is 26.2 Å². The summed E-state index contributed by atoms with van der Waals surface area (Å²) < 4.78 is 12.2. The highest BCUT2D eigenvalue weighted by molar-refractivity contribution is 7.22. The van der Waals surface area contributed by atoms with E-state index in [0.717, 1.165) is 60.4 Å². The molecule has 1 aromatic carbocycles. The lowest BCUT2D eigenvalue weighted by molar-refractivity contribution is 0.0376. The number of aromatic nitrogens is 1. The van der Waals surface area contributed by atoms with Gasteiger partial charge in [0.05, 0.1) is 29.0 Å². The first kappa shape index (κ1) is 21.0. The van der Waals surface area contributed by atoms with Crippen LogP contribution in [0.15, 0.2) is 22.6 Å². The van der Waals surface area contributed by atoms with Crippen LogP contribution < -0.4 is 4.90 Å². The second kappa shape index (κ2) is 8.88. The average Bonchev–Trinajstić information content (AvgIpc) is 3.27. The minimum Gasteiger partial charge on any atom is -0.466 e.